The van der Waals surface area contributed by atoms with Crippen molar-refractivity contribution in [2.24, 2.45) is 0 Å². The van der Waals surface area contributed by atoms with E-state index < -0.39 is 32.6 Å². The molecule has 0 amide bonds. The van der Waals surface area contributed by atoms with Gasteiger partial charge in [0.05, 0.1) is 18.1 Å². The van der Waals surface area contributed by atoms with Crippen LogP contribution in [0.5, 0.6) is 0 Å². The van der Waals surface area contributed by atoms with Crippen molar-refractivity contribution in [3.63, 3.8) is 0 Å². The summed E-state index contributed by atoms with van der Waals surface area (Å²) < 4.78 is 54.0. The van der Waals surface area contributed by atoms with E-state index in [2.05, 4.69) is 0 Å². The molecule has 0 radical (unpaired) electrons. The van der Waals surface area contributed by atoms with Crippen LogP contribution in [0.2, 0.25) is 0 Å². The number of rotatable bonds is 3. The molecule has 0 fully saturated rings. The van der Waals surface area contributed by atoms with Gasteiger partial charge < -0.3 is 5.11 Å². The van der Waals surface area contributed by atoms with Crippen LogP contribution in [0.15, 0.2) is 0 Å². The molecular weight excluding hydrogens is 224 g/mol. The lowest BCUT2D eigenvalue weighted by Crippen LogP contribution is -2.06. The zero-order valence-electron chi connectivity index (χ0n) is 6.91. The predicted molar refractivity (Wildman–Crippen MR) is 45.6 cm³/mol. The van der Waals surface area contributed by atoms with E-state index in [1.165, 1.54) is 6.92 Å². The third-order valence-electron chi connectivity index (χ3n) is 0.714. The largest absolute Gasteiger partial charge is 0.395 e. The third kappa shape index (κ3) is 24.5. The Morgan fingerprint density at radius 2 is 1.31 bits per heavy atom. The molecule has 0 rings (SSSR count). The molecule has 0 aromatic rings. The summed E-state index contributed by atoms with van der Waals surface area (Å²) in [6.07, 6.45) is 0. The topological polar surface area (TPSA) is 129 Å². The maximum Gasteiger partial charge on any atom is 0.267 e. The van der Waals surface area contributed by atoms with Gasteiger partial charge in [-0.05, 0) is 6.92 Å². The Kier molecular flexibility index (Phi) is 7.36. The molecule has 82 valence electrons. The molecule has 0 aromatic heterocycles. The molecule has 0 saturated carbocycles. The van der Waals surface area contributed by atoms with Crippen molar-refractivity contribution >= 4 is 20.2 Å². The molecule has 0 aliphatic heterocycles. The molecule has 0 aliphatic rings. The van der Waals surface area contributed by atoms with E-state index in [1.54, 1.807) is 0 Å². The summed E-state index contributed by atoms with van der Waals surface area (Å²) in [5.74, 6) is -0.778. The molecule has 0 heterocycles. The quantitative estimate of drug-likeness (QED) is 0.522. The molecule has 0 unspecified atom stereocenters. The van der Waals surface area contributed by atoms with E-state index in [1.807, 2.05) is 0 Å². The minimum Gasteiger partial charge on any atom is -0.395 e. The van der Waals surface area contributed by atoms with Crippen molar-refractivity contribution in [3.8, 4) is 0 Å². The van der Waals surface area contributed by atoms with Gasteiger partial charge in [0.25, 0.3) is 20.2 Å². The normalized spacial score (nSPS) is 11.7. The van der Waals surface area contributed by atoms with Gasteiger partial charge in [-0.3, -0.25) is 9.11 Å². The third-order valence-corrected chi connectivity index (χ3v) is 2.14. The zero-order chi connectivity index (χ0) is 11.1. The van der Waals surface area contributed by atoms with Crippen molar-refractivity contribution in [3.05, 3.63) is 0 Å². The molecule has 9 heteroatoms. The molecule has 0 aliphatic carbocycles. The molecule has 3 N–H and O–H groups in total. The average Bonchev–Trinajstić information content (AvgIpc) is 1.84. The predicted octanol–water partition coefficient (Wildman–Crippen LogP) is -1.24. The lowest BCUT2D eigenvalue weighted by atomic mass is 10.9. The molecular formula is C4H12O7S2. The Morgan fingerprint density at radius 1 is 1.00 bits per heavy atom. The van der Waals surface area contributed by atoms with Gasteiger partial charge in [0, 0.05) is 0 Å². The van der Waals surface area contributed by atoms with E-state index >= 15 is 0 Å². The second kappa shape index (κ2) is 6.27. The van der Waals surface area contributed by atoms with Crippen LogP contribution in [0.3, 0.4) is 0 Å². The van der Waals surface area contributed by atoms with Gasteiger partial charge in [-0.1, -0.05) is 0 Å². The fourth-order valence-electron chi connectivity index (χ4n) is 0.115. The lowest BCUT2D eigenvalue weighted by Gasteiger charge is -1.85. The highest BCUT2D eigenvalue weighted by atomic mass is 32.2. The molecule has 0 bridgehead atoms. The number of hydrogen-bond acceptors (Lipinski definition) is 5. The van der Waals surface area contributed by atoms with E-state index in [9.17, 15) is 16.8 Å². The fourth-order valence-corrected chi connectivity index (χ4v) is 0.346. The highest BCUT2D eigenvalue weighted by molar-refractivity contribution is 7.86. The monoisotopic (exact) mass is 236 g/mol. The van der Waals surface area contributed by atoms with Gasteiger partial charge in [-0.2, -0.15) is 16.8 Å². The smallest absolute Gasteiger partial charge is 0.267 e. The first-order valence-electron chi connectivity index (χ1n) is 3.13. The summed E-state index contributed by atoms with van der Waals surface area (Å²) in [5.41, 5.74) is 0. The van der Waals surface area contributed by atoms with Crippen LogP contribution < -0.4 is 0 Å². The summed E-state index contributed by atoms with van der Waals surface area (Å²) in [5, 5.41) is 7.86. The maximum absolute atomic E-state index is 9.63. The highest BCUT2D eigenvalue weighted by Gasteiger charge is 1.99. The molecule has 7 nitrogen and oxygen atoms in total. The van der Waals surface area contributed by atoms with Gasteiger partial charge >= 0.3 is 0 Å². The van der Waals surface area contributed by atoms with Crippen LogP contribution in [-0.4, -0.2) is 49.2 Å². The van der Waals surface area contributed by atoms with Crippen molar-refractivity contribution in [2.75, 3.05) is 18.1 Å². The first-order chi connectivity index (χ1) is 5.62. The minimum absolute atomic E-state index is 0.201. The lowest BCUT2D eigenvalue weighted by molar-refractivity contribution is 0.315. The Bertz CT molecular complexity index is 299. The van der Waals surface area contributed by atoms with E-state index in [0.717, 1.165) is 0 Å². The summed E-state index contributed by atoms with van der Waals surface area (Å²) in [7, 11) is -7.59. The molecule has 0 spiro atoms. The van der Waals surface area contributed by atoms with Crippen molar-refractivity contribution < 1.29 is 31.0 Å². The second-order valence-corrected chi connectivity index (χ2v) is 5.19. The van der Waals surface area contributed by atoms with Crippen LogP contribution in [0.1, 0.15) is 6.92 Å². The van der Waals surface area contributed by atoms with Crippen LogP contribution in [-0.2, 0) is 20.2 Å². The summed E-state index contributed by atoms with van der Waals surface area (Å²) in [6.45, 7) is 0.841. The number of aliphatic hydroxyl groups is 1. The van der Waals surface area contributed by atoms with Gasteiger partial charge in [0.1, 0.15) is 0 Å². The average molecular weight is 236 g/mol. The fraction of sp³-hybridized carbons (Fsp3) is 1.00. The van der Waals surface area contributed by atoms with Gasteiger partial charge in [-0.25, -0.2) is 0 Å². The van der Waals surface area contributed by atoms with Gasteiger partial charge in [0.2, 0.25) is 0 Å². The van der Waals surface area contributed by atoms with Crippen LogP contribution in [0.25, 0.3) is 0 Å². The van der Waals surface area contributed by atoms with Crippen LogP contribution in [0.4, 0.5) is 0 Å². The Morgan fingerprint density at radius 3 is 1.31 bits per heavy atom. The Labute approximate surface area is 76.9 Å². The van der Waals surface area contributed by atoms with Crippen LogP contribution in [0, 0.1) is 0 Å². The van der Waals surface area contributed by atoms with E-state index in [0.29, 0.717) is 0 Å². The first-order valence-corrected chi connectivity index (χ1v) is 6.35. The molecule has 13 heavy (non-hydrogen) atoms. The standard InChI is InChI=1S/C2H6O4S.C2H6O3S/c3-1-2-7(4,5)6;1-2-6(3,4)5/h3H,1-2H2,(H,4,5,6);2H2,1H3,(H,3,4,5). The van der Waals surface area contributed by atoms with Crippen molar-refractivity contribution in [2.45, 2.75) is 6.92 Å². The molecule has 0 aromatic carbocycles. The van der Waals surface area contributed by atoms with Gasteiger partial charge in [0.15, 0.2) is 0 Å². The summed E-state index contributed by atoms with van der Waals surface area (Å²) >= 11 is 0. The maximum atomic E-state index is 9.63. The Balaban J connectivity index is 0. The first kappa shape index (κ1) is 15.3. The van der Waals surface area contributed by atoms with Crippen LogP contribution >= 0.6 is 0 Å². The van der Waals surface area contributed by atoms with Crippen molar-refractivity contribution in [1.82, 2.24) is 0 Å². The summed E-state index contributed by atoms with van der Waals surface area (Å²) in [4.78, 5) is 0. The van der Waals surface area contributed by atoms with Gasteiger partial charge in [-0.15, -0.1) is 0 Å². The number of aliphatic hydroxyl groups excluding tert-OH is 1. The second-order valence-electron chi connectivity index (χ2n) is 1.88. The minimum atomic E-state index is -3.92. The van der Waals surface area contributed by atoms with E-state index in [-0.39, 0.29) is 5.75 Å². The Hall–Kier alpha value is -0.220. The SMILES string of the molecule is CCS(=O)(=O)O.O=S(=O)(O)CCO. The molecule has 0 atom stereocenters. The highest BCUT2D eigenvalue weighted by Crippen LogP contribution is 1.76. The zero-order valence-corrected chi connectivity index (χ0v) is 8.55. The summed E-state index contributed by atoms with van der Waals surface area (Å²) in [6, 6.07) is 0. The number of hydrogen-bond donors (Lipinski definition) is 3. The molecule has 0 saturated heterocycles. The van der Waals surface area contributed by atoms with E-state index in [4.69, 9.17) is 14.2 Å². The van der Waals surface area contributed by atoms with Crippen molar-refractivity contribution in [1.29, 1.82) is 0 Å².